The Morgan fingerprint density at radius 3 is 2.88 bits per heavy atom. The molecule has 1 amide bonds. The summed E-state index contributed by atoms with van der Waals surface area (Å²) in [5.41, 5.74) is 2.43. The first kappa shape index (κ1) is 10.9. The molecule has 2 aromatic heterocycles. The molecule has 2 rings (SSSR count). The standard InChI is InChI=1S/C11H12N2O2S/c1-7-3-4-9(15-7)5-12-11(14)10-8(2)13-6-16-10/h3-4,6H,5H2,1-2H3,(H,12,14). The zero-order chi connectivity index (χ0) is 11.5. The van der Waals surface area contributed by atoms with Gasteiger partial charge in [0.2, 0.25) is 0 Å². The van der Waals surface area contributed by atoms with Gasteiger partial charge in [-0.05, 0) is 26.0 Å². The van der Waals surface area contributed by atoms with Crippen molar-refractivity contribution in [2.45, 2.75) is 20.4 Å². The summed E-state index contributed by atoms with van der Waals surface area (Å²) < 4.78 is 5.35. The average molecular weight is 236 g/mol. The number of aromatic nitrogens is 1. The maximum Gasteiger partial charge on any atom is 0.263 e. The minimum absolute atomic E-state index is 0.103. The predicted molar refractivity (Wildman–Crippen MR) is 61.5 cm³/mol. The van der Waals surface area contributed by atoms with E-state index in [1.807, 2.05) is 26.0 Å². The highest BCUT2D eigenvalue weighted by Gasteiger charge is 2.11. The summed E-state index contributed by atoms with van der Waals surface area (Å²) >= 11 is 1.34. The van der Waals surface area contributed by atoms with Crippen molar-refractivity contribution in [2.75, 3.05) is 0 Å². The lowest BCUT2D eigenvalue weighted by Gasteiger charge is -2.01. The minimum atomic E-state index is -0.103. The quantitative estimate of drug-likeness (QED) is 0.889. The molecule has 4 nitrogen and oxygen atoms in total. The number of nitrogens with zero attached hydrogens (tertiary/aromatic N) is 1. The first-order valence-corrected chi connectivity index (χ1v) is 5.78. The summed E-state index contributed by atoms with van der Waals surface area (Å²) in [5.74, 6) is 1.50. The van der Waals surface area contributed by atoms with E-state index in [2.05, 4.69) is 10.3 Å². The highest BCUT2D eigenvalue weighted by molar-refractivity contribution is 7.11. The van der Waals surface area contributed by atoms with Crippen LogP contribution in [0, 0.1) is 13.8 Å². The van der Waals surface area contributed by atoms with E-state index in [1.165, 1.54) is 11.3 Å². The number of carbonyl (C=O) groups is 1. The van der Waals surface area contributed by atoms with E-state index in [9.17, 15) is 4.79 Å². The van der Waals surface area contributed by atoms with E-state index >= 15 is 0 Å². The molecular weight excluding hydrogens is 224 g/mol. The zero-order valence-electron chi connectivity index (χ0n) is 9.11. The Bertz CT molecular complexity index is 502. The van der Waals surface area contributed by atoms with Gasteiger partial charge in [-0.3, -0.25) is 4.79 Å². The number of amides is 1. The third kappa shape index (κ3) is 2.30. The number of hydrogen-bond acceptors (Lipinski definition) is 4. The number of rotatable bonds is 3. The van der Waals surface area contributed by atoms with Crippen molar-refractivity contribution in [1.82, 2.24) is 10.3 Å². The third-order valence-electron chi connectivity index (χ3n) is 2.17. The largest absolute Gasteiger partial charge is 0.465 e. The van der Waals surface area contributed by atoms with Crippen LogP contribution in [-0.4, -0.2) is 10.9 Å². The van der Waals surface area contributed by atoms with E-state index in [-0.39, 0.29) is 5.91 Å². The lowest BCUT2D eigenvalue weighted by atomic mass is 10.3. The average Bonchev–Trinajstić information content (AvgIpc) is 2.84. The minimum Gasteiger partial charge on any atom is -0.465 e. The summed E-state index contributed by atoms with van der Waals surface area (Å²) in [6.07, 6.45) is 0. The Hall–Kier alpha value is -1.62. The Kier molecular flexibility index (Phi) is 3.05. The van der Waals surface area contributed by atoms with Crippen molar-refractivity contribution in [1.29, 1.82) is 0 Å². The molecule has 5 heteroatoms. The first-order chi connectivity index (χ1) is 7.66. The number of carbonyl (C=O) groups excluding carboxylic acids is 1. The molecule has 2 aromatic rings. The van der Waals surface area contributed by atoms with Gasteiger partial charge in [-0.1, -0.05) is 0 Å². The van der Waals surface area contributed by atoms with E-state index in [1.54, 1.807) is 5.51 Å². The van der Waals surface area contributed by atoms with E-state index in [0.29, 0.717) is 11.4 Å². The topological polar surface area (TPSA) is 55.1 Å². The predicted octanol–water partition coefficient (Wildman–Crippen LogP) is 2.28. The number of nitrogens with one attached hydrogen (secondary N) is 1. The van der Waals surface area contributed by atoms with Crippen LogP contribution >= 0.6 is 11.3 Å². The maximum atomic E-state index is 11.7. The van der Waals surface area contributed by atoms with Crippen LogP contribution in [0.4, 0.5) is 0 Å². The highest BCUT2D eigenvalue weighted by atomic mass is 32.1. The fourth-order valence-corrected chi connectivity index (χ4v) is 2.07. The summed E-state index contributed by atoms with van der Waals surface area (Å²) in [7, 11) is 0. The lowest BCUT2D eigenvalue weighted by molar-refractivity contribution is 0.0951. The van der Waals surface area contributed by atoms with Crippen molar-refractivity contribution in [3.63, 3.8) is 0 Å². The third-order valence-corrected chi connectivity index (χ3v) is 3.10. The highest BCUT2D eigenvalue weighted by Crippen LogP contribution is 2.12. The number of thiazole rings is 1. The number of hydrogen-bond donors (Lipinski definition) is 1. The van der Waals surface area contributed by atoms with Crippen LogP contribution in [0.25, 0.3) is 0 Å². The molecule has 1 N–H and O–H groups in total. The van der Waals surface area contributed by atoms with Gasteiger partial charge in [-0.2, -0.15) is 0 Å². The second-order valence-corrected chi connectivity index (χ2v) is 4.32. The fourth-order valence-electron chi connectivity index (χ4n) is 1.35. The second kappa shape index (κ2) is 4.49. The Morgan fingerprint density at radius 1 is 1.50 bits per heavy atom. The van der Waals surface area contributed by atoms with Crippen LogP contribution in [-0.2, 0) is 6.54 Å². The molecule has 0 atom stereocenters. The molecule has 0 saturated carbocycles. The Morgan fingerprint density at radius 2 is 2.31 bits per heavy atom. The van der Waals surface area contributed by atoms with Crippen LogP contribution in [0.2, 0.25) is 0 Å². The van der Waals surface area contributed by atoms with Crippen LogP contribution in [0.15, 0.2) is 22.1 Å². The molecule has 0 unspecified atom stereocenters. The van der Waals surface area contributed by atoms with Gasteiger partial charge in [0.25, 0.3) is 5.91 Å². The molecule has 2 heterocycles. The molecule has 0 radical (unpaired) electrons. The zero-order valence-corrected chi connectivity index (χ0v) is 9.93. The van der Waals surface area contributed by atoms with Crippen LogP contribution in [0.5, 0.6) is 0 Å². The van der Waals surface area contributed by atoms with Crippen LogP contribution in [0.1, 0.15) is 26.9 Å². The number of aryl methyl sites for hydroxylation is 2. The lowest BCUT2D eigenvalue weighted by Crippen LogP contribution is -2.22. The molecular formula is C11H12N2O2S. The molecule has 16 heavy (non-hydrogen) atoms. The van der Waals surface area contributed by atoms with Crippen molar-refractivity contribution < 1.29 is 9.21 Å². The SMILES string of the molecule is Cc1ccc(CNC(=O)c2scnc2C)o1. The molecule has 0 aliphatic carbocycles. The normalized spacial score (nSPS) is 10.4. The van der Waals surface area contributed by atoms with E-state index in [0.717, 1.165) is 17.2 Å². The summed E-state index contributed by atoms with van der Waals surface area (Å²) in [6.45, 7) is 4.10. The molecule has 0 bridgehead atoms. The summed E-state index contributed by atoms with van der Waals surface area (Å²) in [6, 6.07) is 3.73. The smallest absolute Gasteiger partial charge is 0.263 e. The first-order valence-electron chi connectivity index (χ1n) is 4.90. The van der Waals surface area contributed by atoms with Crippen LogP contribution < -0.4 is 5.32 Å². The Labute approximate surface area is 97.3 Å². The van der Waals surface area contributed by atoms with Gasteiger partial charge in [0.1, 0.15) is 16.4 Å². The fraction of sp³-hybridized carbons (Fsp3) is 0.273. The van der Waals surface area contributed by atoms with Gasteiger partial charge in [0.15, 0.2) is 0 Å². The van der Waals surface area contributed by atoms with Gasteiger partial charge in [0, 0.05) is 0 Å². The molecule has 0 spiro atoms. The van der Waals surface area contributed by atoms with Gasteiger partial charge in [-0.25, -0.2) is 4.98 Å². The van der Waals surface area contributed by atoms with Gasteiger partial charge < -0.3 is 9.73 Å². The van der Waals surface area contributed by atoms with Crippen molar-refractivity contribution >= 4 is 17.2 Å². The van der Waals surface area contributed by atoms with Crippen molar-refractivity contribution in [3.8, 4) is 0 Å². The molecule has 84 valence electrons. The molecule has 0 aliphatic rings. The monoisotopic (exact) mass is 236 g/mol. The van der Waals surface area contributed by atoms with Crippen molar-refractivity contribution in [3.05, 3.63) is 39.7 Å². The Balaban J connectivity index is 1.96. The van der Waals surface area contributed by atoms with Gasteiger partial charge in [0.05, 0.1) is 17.7 Å². The maximum absolute atomic E-state index is 11.7. The molecule has 0 aromatic carbocycles. The van der Waals surface area contributed by atoms with Crippen LogP contribution in [0.3, 0.4) is 0 Å². The summed E-state index contributed by atoms with van der Waals surface area (Å²) in [4.78, 5) is 16.4. The second-order valence-electron chi connectivity index (χ2n) is 3.46. The van der Waals surface area contributed by atoms with Gasteiger partial charge in [-0.15, -0.1) is 11.3 Å². The van der Waals surface area contributed by atoms with E-state index < -0.39 is 0 Å². The summed E-state index contributed by atoms with van der Waals surface area (Å²) in [5, 5.41) is 2.79. The molecule has 0 aliphatic heterocycles. The molecule has 0 saturated heterocycles. The number of furan rings is 1. The van der Waals surface area contributed by atoms with Gasteiger partial charge >= 0.3 is 0 Å². The molecule has 0 fully saturated rings. The van der Waals surface area contributed by atoms with Crippen molar-refractivity contribution in [2.24, 2.45) is 0 Å². The van der Waals surface area contributed by atoms with E-state index in [4.69, 9.17) is 4.42 Å².